The molecule has 0 atom stereocenters. The summed E-state index contributed by atoms with van der Waals surface area (Å²) in [6.45, 7) is 7.11. The van der Waals surface area contributed by atoms with Crippen molar-refractivity contribution in [2.24, 2.45) is 4.99 Å². The van der Waals surface area contributed by atoms with Crippen molar-refractivity contribution in [2.75, 3.05) is 20.2 Å². The van der Waals surface area contributed by atoms with Gasteiger partial charge < -0.3 is 15.4 Å². The Morgan fingerprint density at radius 2 is 1.96 bits per heavy atom. The topological polar surface area (TPSA) is 58.5 Å². The van der Waals surface area contributed by atoms with Gasteiger partial charge in [-0.3, -0.25) is 0 Å². The number of thiazole rings is 1. The largest absolute Gasteiger partial charge is 0.380 e. The van der Waals surface area contributed by atoms with Gasteiger partial charge in [-0.05, 0) is 25.0 Å². The van der Waals surface area contributed by atoms with Crippen LogP contribution in [-0.4, -0.2) is 31.1 Å². The van der Waals surface area contributed by atoms with E-state index in [2.05, 4.69) is 58.7 Å². The summed E-state index contributed by atoms with van der Waals surface area (Å²) in [6, 6.07) is 8.36. The molecule has 2 rings (SSSR count). The van der Waals surface area contributed by atoms with Gasteiger partial charge >= 0.3 is 0 Å². The highest BCUT2D eigenvalue weighted by Crippen LogP contribution is 2.11. The average molecular weight is 347 g/mol. The minimum atomic E-state index is 0.643. The number of ether oxygens (including phenoxy) is 1. The van der Waals surface area contributed by atoms with Crippen LogP contribution in [0.2, 0.25) is 0 Å². The molecule has 2 N–H and O–H groups in total. The van der Waals surface area contributed by atoms with Crippen LogP contribution in [0.25, 0.3) is 0 Å². The third-order valence-corrected chi connectivity index (χ3v) is 4.37. The smallest absolute Gasteiger partial charge is 0.191 e. The van der Waals surface area contributed by atoms with Gasteiger partial charge in [0.25, 0.3) is 0 Å². The summed E-state index contributed by atoms with van der Waals surface area (Å²) < 4.78 is 5.13. The summed E-state index contributed by atoms with van der Waals surface area (Å²) in [7, 11) is 1.71. The Morgan fingerprint density at radius 3 is 2.58 bits per heavy atom. The van der Waals surface area contributed by atoms with Crippen LogP contribution in [0, 0.1) is 6.92 Å². The van der Waals surface area contributed by atoms with E-state index in [4.69, 9.17) is 4.74 Å². The molecular weight excluding hydrogens is 320 g/mol. The second-order valence-electron chi connectivity index (χ2n) is 5.49. The van der Waals surface area contributed by atoms with Crippen molar-refractivity contribution in [3.63, 3.8) is 0 Å². The molecule has 0 fully saturated rings. The molecule has 2 aromatic rings. The van der Waals surface area contributed by atoms with Crippen LogP contribution in [0.3, 0.4) is 0 Å². The lowest BCUT2D eigenvalue weighted by Crippen LogP contribution is -2.38. The van der Waals surface area contributed by atoms with Gasteiger partial charge in [-0.1, -0.05) is 24.3 Å². The molecule has 1 aromatic carbocycles. The fraction of sp³-hybridized carbons (Fsp3) is 0.444. The molecule has 0 amide bonds. The fourth-order valence-corrected chi connectivity index (χ4v) is 3.01. The van der Waals surface area contributed by atoms with Crippen molar-refractivity contribution in [1.82, 2.24) is 15.6 Å². The summed E-state index contributed by atoms with van der Waals surface area (Å²) in [5, 5.41) is 7.80. The number of rotatable bonds is 8. The zero-order valence-electron chi connectivity index (χ0n) is 14.6. The van der Waals surface area contributed by atoms with Crippen molar-refractivity contribution in [2.45, 2.75) is 33.4 Å². The summed E-state index contributed by atoms with van der Waals surface area (Å²) >= 11 is 1.75. The number of guanidine groups is 1. The van der Waals surface area contributed by atoms with Gasteiger partial charge in [0.1, 0.15) is 0 Å². The van der Waals surface area contributed by atoms with Crippen molar-refractivity contribution in [1.29, 1.82) is 0 Å². The average Bonchev–Trinajstić information content (AvgIpc) is 2.99. The predicted molar refractivity (Wildman–Crippen MR) is 101 cm³/mol. The van der Waals surface area contributed by atoms with Crippen molar-refractivity contribution >= 4 is 17.3 Å². The van der Waals surface area contributed by atoms with Crippen molar-refractivity contribution in [3.8, 4) is 0 Å². The molecule has 1 aromatic heterocycles. The van der Waals surface area contributed by atoms with E-state index in [1.54, 1.807) is 18.4 Å². The highest BCUT2D eigenvalue weighted by Gasteiger charge is 2.01. The molecule has 0 bridgehead atoms. The number of aryl methyl sites for hydroxylation is 1. The van der Waals surface area contributed by atoms with Gasteiger partial charge in [-0.15, -0.1) is 11.3 Å². The molecule has 0 saturated heterocycles. The highest BCUT2D eigenvalue weighted by molar-refractivity contribution is 7.11. The van der Waals surface area contributed by atoms with Gasteiger partial charge in [0.2, 0.25) is 0 Å². The van der Waals surface area contributed by atoms with Crippen molar-refractivity contribution in [3.05, 3.63) is 51.5 Å². The number of benzene rings is 1. The Hall–Kier alpha value is -1.92. The maximum absolute atomic E-state index is 5.13. The second-order valence-corrected chi connectivity index (χ2v) is 6.81. The van der Waals surface area contributed by atoms with Gasteiger partial charge in [0, 0.05) is 37.7 Å². The Bertz CT molecular complexity index is 637. The fourth-order valence-electron chi connectivity index (χ4n) is 2.22. The summed E-state index contributed by atoms with van der Waals surface area (Å²) in [5.41, 5.74) is 2.36. The zero-order valence-corrected chi connectivity index (χ0v) is 15.4. The summed E-state index contributed by atoms with van der Waals surface area (Å²) in [5.74, 6) is 0.840. The first-order chi connectivity index (χ1) is 11.7. The molecular formula is C18H26N4OS. The Balaban J connectivity index is 1.85. The predicted octanol–water partition coefficient (Wildman–Crippen LogP) is 2.90. The van der Waals surface area contributed by atoms with Crippen LogP contribution in [0.15, 0.2) is 35.5 Å². The van der Waals surface area contributed by atoms with E-state index in [1.807, 2.05) is 6.20 Å². The van der Waals surface area contributed by atoms with Crippen molar-refractivity contribution < 1.29 is 4.74 Å². The Kier molecular flexibility index (Phi) is 7.71. The van der Waals surface area contributed by atoms with Crippen LogP contribution in [0.1, 0.15) is 27.9 Å². The van der Waals surface area contributed by atoms with Crippen LogP contribution in [-0.2, 0) is 24.3 Å². The molecule has 0 aliphatic heterocycles. The molecule has 5 nitrogen and oxygen atoms in total. The zero-order chi connectivity index (χ0) is 17.2. The molecule has 24 heavy (non-hydrogen) atoms. The van der Waals surface area contributed by atoms with E-state index >= 15 is 0 Å². The SMILES string of the molecule is CCNC(=NCc1ccc(COC)cc1)NCCc1ncc(C)s1. The summed E-state index contributed by atoms with van der Waals surface area (Å²) in [4.78, 5) is 10.3. The van der Waals surface area contributed by atoms with Crippen LogP contribution < -0.4 is 10.6 Å². The van der Waals surface area contributed by atoms with E-state index < -0.39 is 0 Å². The lowest BCUT2D eigenvalue weighted by Gasteiger charge is -2.10. The first-order valence-electron chi connectivity index (χ1n) is 8.21. The first kappa shape index (κ1) is 18.4. The quantitative estimate of drug-likeness (QED) is 0.570. The van der Waals surface area contributed by atoms with Gasteiger partial charge in [-0.2, -0.15) is 0 Å². The lowest BCUT2D eigenvalue weighted by molar-refractivity contribution is 0.185. The number of hydrogen-bond donors (Lipinski definition) is 2. The molecule has 1 heterocycles. The van der Waals surface area contributed by atoms with Crippen LogP contribution in [0.5, 0.6) is 0 Å². The first-order valence-corrected chi connectivity index (χ1v) is 9.03. The van der Waals surface area contributed by atoms with Crippen LogP contribution >= 0.6 is 11.3 Å². The molecule has 0 spiro atoms. The van der Waals surface area contributed by atoms with E-state index in [0.29, 0.717) is 13.2 Å². The van der Waals surface area contributed by atoms with E-state index in [9.17, 15) is 0 Å². The number of methoxy groups -OCH3 is 1. The third kappa shape index (κ3) is 6.29. The van der Waals surface area contributed by atoms with Gasteiger partial charge in [-0.25, -0.2) is 9.98 Å². The molecule has 0 unspecified atom stereocenters. The van der Waals surface area contributed by atoms with Crippen LogP contribution in [0.4, 0.5) is 0 Å². The number of aromatic nitrogens is 1. The number of hydrogen-bond acceptors (Lipinski definition) is 4. The molecule has 0 aliphatic carbocycles. The van der Waals surface area contributed by atoms with E-state index in [0.717, 1.165) is 30.5 Å². The maximum atomic E-state index is 5.13. The Morgan fingerprint density at radius 1 is 1.21 bits per heavy atom. The molecule has 0 radical (unpaired) electrons. The standard InChI is InChI=1S/C18H26N4OS/c1-4-19-18(20-10-9-17-21-11-14(2)24-17)22-12-15-5-7-16(8-6-15)13-23-3/h5-8,11H,4,9-10,12-13H2,1-3H3,(H2,19,20,22). The normalized spacial score (nSPS) is 11.5. The van der Waals surface area contributed by atoms with E-state index in [-0.39, 0.29) is 0 Å². The highest BCUT2D eigenvalue weighted by atomic mass is 32.1. The molecule has 130 valence electrons. The van der Waals surface area contributed by atoms with Gasteiger partial charge in [0.05, 0.1) is 18.2 Å². The monoisotopic (exact) mass is 346 g/mol. The maximum Gasteiger partial charge on any atom is 0.191 e. The molecule has 6 heteroatoms. The number of nitrogens with one attached hydrogen (secondary N) is 2. The third-order valence-electron chi connectivity index (χ3n) is 3.40. The minimum absolute atomic E-state index is 0.643. The number of nitrogens with zero attached hydrogens (tertiary/aromatic N) is 2. The number of aliphatic imine (C=N–C) groups is 1. The lowest BCUT2D eigenvalue weighted by atomic mass is 10.1. The minimum Gasteiger partial charge on any atom is -0.380 e. The van der Waals surface area contributed by atoms with E-state index in [1.165, 1.54) is 16.0 Å². The summed E-state index contributed by atoms with van der Waals surface area (Å²) in [6.07, 6.45) is 2.83. The second kappa shape index (κ2) is 10.1. The molecule has 0 aliphatic rings. The Labute approximate surface area is 148 Å². The molecule has 0 saturated carbocycles. The van der Waals surface area contributed by atoms with Gasteiger partial charge in [0.15, 0.2) is 5.96 Å².